The van der Waals surface area contributed by atoms with Crippen LogP contribution in [-0.2, 0) is 11.3 Å². The minimum Gasteiger partial charge on any atom is -0.325 e. The van der Waals surface area contributed by atoms with Gasteiger partial charge < -0.3 is 5.32 Å². The Morgan fingerprint density at radius 2 is 2.03 bits per heavy atom. The van der Waals surface area contributed by atoms with Crippen LogP contribution in [0.4, 0.5) is 5.69 Å². The predicted molar refractivity (Wildman–Crippen MR) is 124 cm³/mol. The van der Waals surface area contributed by atoms with Gasteiger partial charge in [-0.2, -0.15) is 0 Å². The second-order valence-electron chi connectivity index (χ2n) is 7.14. The summed E-state index contributed by atoms with van der Waals surface area (Å²) in [6.45, 7) is 8.60. The van der Waals surface area contributed by atoms with Crippen LogP contribution in [0.1, 0.15) is 37.8 Å². The number of aromatic nitrogens is 2. The Hall–Kier alpha value is -2.12. The Morgan fingerprint density at radius 3 is 2.72 bits per heavy atom. The van der Waals surface area contributed by atoms with E-state index in [0.717, 1.165) is 21.3 Å². The minimum atomic E-state index is -0.112. The smallest absolute Gasteiger partial charge is 0.262 e. The Kier molecular flexibility index (Phi) is 6.80. The number of carbonyl (C=O) groups is 1. The number of benzene rings is 2. The molecule has 0 aliphatic carbocycles. The molecule has 3 aromatic rings. The molecule has 5 nitrogen and oxygen atoms in total. The van der Waals surface area contributed by atoms with Crippen molar-refractivity contribution >= 4 is 50.2 Å². The summed E-state index contributed by atoms with van der Waals surface area (Å²) in [7, 11) is 0. The highest BCUT2D eigenvalue weighted by Gasteiger charge is 2.15. The van der Waals surface area contributed by atoms with Gasteiger partial charge in [-0.25, -0.2) is 4.98 Å². The van der Waals surface area contributed by atoms with Crippen molar-refractivity contribution in [3.05, 3.63) is 62.4 Å². The number of nitrogens with one attached hydrogen (secondary N) is 1. The van der Waals surface area contributed by atoms with Crippen molar-refractivity contribution in [2.75, 3.05) is 11.1 Å². The van der Waals surface area contributed by atoms with Crippen LogP contribution < -0.4 is 10.9 Å². The molecular weight excluding hydrogens is 450 g/mol. The molecule has 1 amide bonds. The Morgan fingerprint density at radius 1 is 1.28 bits per heavy atom. The summed E-state index contributed by atoms with van der Waals surface area (Å²) in [5, 5.41) is 4.16. The topological polar surface area (TPSA) is 64.0 Å². The van der Waals surface area contributed by atoms with E-state index in [1.807, 2.05) is 44.2 Å². The lowest BCUT2D eigenvalue weighted by Crippen LogP contribution is -2.23. The third-order valence-corrected chi connectivity index (χ3v) is 6.19. The van der Waals surface area contributed by atoms with E-state index in [1.54, 1.807) is 10.6 Å². The van der Waals surface area contributed by atoms with E-state index >= 15 is 0 Å². The maximum Gasteiger partial charge on any atom is 0.262 e. The van der Waals surface area contributed by atoms with Gasteiger partial charge in [0.1, 0.15) is 0 Å². The second-order valence-corrected chi connectivity index (χ2v) is 8.99. The minimum absolute atomic E-state index is 0.0947. The number of thioether (sulfide) groups is 1. The fourth-order valence-electron chi connectivity index (χ4n) is 3.21. The number of para-hydroxylation sites is 1. The third-order valence-electron chi connectivity index (χ3n) is 4.72. The SMILES string of the molecule is CCn1c(SCC(=O)Nc2c(C)cccc2C(C)C)nc2ccc(Br)cc2c1=O. The zero-order valence-electron chi connectivity index (χ0n) is 17.0. The highest BCUT2D eigenvalue weighted by atomic mass is 79.9. The van der Waals surface area contributed by atoms with Crippen LogP contribution >= 0.6 is 27.7 Å². The average molecular weight is 474 g/mol. The molecule has 1 aromatic heterocycles. The Labute approximate surface area is 183 Å². The lowest BCUT2D eigenvalue weighted by atomic mass is 9.98. The normalized spacial score (nSPS) is 11.2. The van der Waals surface area contributed by atoms with Gasteiger partial charge in [-0.15, -0.1) is 0 Å². The third kappa shape index (κ3) is 4.73. The van der Waals surface area contributed by atoms with Crippen molar-refractivity contribution in [2.24, 2.45) is 0 Å². The van der Waals surface area contributed by atoms with Crippen molar-refractivity contribution in [1.82, 2.24) is 9.55 Å². The van der Waals surface area contributed by atoms with Gasteiger partial charge in [-0.05, 0) is 49.1 Å². The highest BCUT2D eigenvalue weighted by Crippen LogP contribution is 2.28. The van der Waals surface area contributed by atoms with Crippen molar-refractivity contribution < 1.29 is 4.79 Å². The number of anilines is 1. The summed E-state index contributed by atoms with van der Waals surface area (Å²) in [5.41, 5.74) is 3.56. The van der Waals surface area contributed by atoms with E-state index in [-0.39, 0.29) is 17.2 Å². The summed E-state index contributed by atoms with van der Waals surface area (Å²) < 4.78 is 2.45. The summed E-state index contributed by atoms with van der Waals surface area (Å²) in [6.07, 6.45) is 0. The lowest BCUT2D eigenvalue weighted by Gasteiger charge is -2.16. The monoisotopic (exact) mass is 473 g/mol. The largest absolute Gasteiger partial charge is 0.325 e. The number of nitrogens with zero attached hydrogens (tertiary/aromatic N) is 2. The lowest BCUT2D eigenvalue weighted by molar-refractivity contribution is -0.113. The van der Waals surface area contributed by atoms with Crippen LogP contribution in [0.3, 0.4) is 0 Å². The van der Waals surface area contributed by atoms with Crippen molar-refractivity contribution in [3.8, 4) is 0 Å². The first-order chi connectivity index (χ1) is 13.8. The maximum absolute atomic E-state index is 12.8. The molecule has 7 heteroatoms. The van der Waals surface area contributed by atoms with E-state index in [9.17, 15) is 9.59 Å². The summed E-state index contributed by atoms with van der Waals surface area (Å²) in [6, 6.07) is 11.5. The Bertz CT molecular complexity index is 1120. The van der Waals surface area contributed by atoms with Gasteiger partial charge in [-0.3, -0.25) is 14.2 Å². The quantitative estimate of drug-likeness (QED) is 0.387. The second kappa shape index (κ2) is 9.13. The number of carbonyl (C=O) groups excluding carboxylic acids is 1. The van der Waals surface area contributed by atoms with Gasteiger partial charge in [0.05, 0.1) is 16.7 Å². The van der Waals surface area contributed by atoms with Crippen LogP contribution in [0.15, 0.2) is 50.8 Å². The molecule has 29 heavy (non-hydrogen) atoms. The molecule has 152 valence electrons. The van der Waals surface area contributed by atoms with Crippen LogP contribution in [-0.4, -0.2) is 21.2 Å². The Balaban J connectivity index is 1.83. The number of aryl methyl sites for hydroxylation is 1. The van der Waals surface area contributed by atoms with Crippen LogP contribution in [0.5, 0.6) is 0 Å². The molecule has 2 aromatic carbocycles. The van der Waals surface area contributed by atoms with Crippen molar-refractivity contribution in [3.63, 3.8) is 0 Å². The molecule has 1 heterocycles. The van der Waals surface area contributed by atoms with E-state index in [1.165, 1.54) is 11.8 Å². The zero-order valence-corrected chi connectivity index (χ0v) is 19.4. The van der Waals surface area contributed by atoms with E-state index < -0.39 is 0 Å². The van der Waals surface area contributed by atoms with E-state index in [4.69, 9.17) is 0 Å². The zero-order chi connectivity index (χ0) is 21.1. The van der Waals surface area contributed by atoms with E-state index in [0.29, 0.717) is 28.5 Å². The van der Waals surface area contributed by atoms with Gasteiger partial charge in [0, 0.05) is 16.7 Å². The standard InChI is InChI=1S/C22H24BrN3O2S/c1-5-26-21(28)17-11-15(23)9-10-18(17)24-22(26)29-12-19(27)25-20-14(4)7-6-8-16(20)13(2)3/h6-11,13H,5,12H2,1-4H3,(H,25,27). The van der Waals surface area contributed by atoms with Gasteiger partial charge in [0.25, 0.3) is 5.56 Å². The van der Waals surface area contributed by atoms with Crippen LogP contribution in [0, 0.1) is 6.92 Å². The molecule has 0 spiro atoms. The molecule has 0 bridgehead atoms. The summed E-state index contributed by atoms with van der Waals surface area (Å²) >= 11 is 4.68. The fraction of sp³-hybridized carbons (Fsp3) is 0.318. The summed E-state index contributed by atoms with van der Waals surface area (Å²) in [4.78, 5) is 30.1. The predicted octanol–water partition coefficient (Wildman–Crippen LogP) is 5.34. The average Bonchev–Trinajstić information content (AvgIpc) is 2.68. The molecular formula is C22H24BrN3O2S. The van der Waals surface area contributed by atoms with Gasteiger partial charge in [0.2, 0.25) is 5.91 Å². The first kappa shape index (κ1) is 21.6. The molecule has 0 unspecified atom stereocenters. The number of hydrogen-bond donors (Lipinski definition) is 1. The van der Waals surface area contributed by atoms with Crippen molar-refractivity contribution in [2.45, 2.75) is 45.3 Å². The first-order valence-electron chi connectivity index (χ1n) is 9.54. The molecule has 1 N–H and O–H groups in total. The van der Waals surface area contributed by atoms with E-state index in [2.05, 4.69) is 40.1 Å². The van der Waals surface area contributed by atoms with Crippen molar-refractivity contribution in [1.29, 1.82) is 0 Å². The molecule has 0 aliphatic heterocycles. The first-order valence-corrected chi connectivity index (χ1v) is 11.3. The fourth-order valence-corrected chi connectivity index (χ4v) is 4.43. The number of amides is 1. The van der Waals surface area contributed by atoms with Gasteiger partial charge in [0.15, 0.2) is 5.16 Å². The molecule has 0 atom stereocenters. The molecule has 0 radical (unpaired) electrons. The maximum atomic E-state index is 12.8. The number of halogens is 1. The number of hydrogen-bond acceptors (Lipinski definition) is 4. The van der Waals surface area contributed by atoms with Crippen LogP contribution in [0.2, 0.25) is 0 Å². The molecule has 0 saturated heterocycles. The molecule has 0 fully saturated rings. The van der Waals surface area contributed by atoms with Gasteiger partial charge >= 0.3 is 0 Å². The molecule has 0 aliphatic rings. The number of fused-ring (bicyclic) bond motifs is 1. The van der Waals surface area contributed by atoms with Crippen LogP contribution in [0.25, 0.3) is 10.9 Å². The number of rotatable bonds is 6. The summed E-state index contributed by atoms with van der Waals surface area (Å²) in [5.74, 6) is 0.379. The molecule has 0 saturated carbocycles. The molecule has 3 rings (SSSR count). The van der Waals surface area contributed by atoms with Gasteiger partial charge in [-0.1, -0.05) is 59.7 Å². The highest BCUT2D eigenvalue weighted by molar-refractivity contribution is 9.10.